The maximum absolute atomic E-state index is 6.01. The summed E-state index contributed by atoms with van der Waals surface area (Å²) in [5, 5.41) is 1.45. The molecule has 0 saturated heterocycles. The van der Waals surface area contributed by atoms with Crippen LogP contribution in [-0.2, 0) is 17.8 Å². The number of halogens is 2. The zero-order valence-electron chi connectivity index (χ0n) is 6.44. The van der Waals surface area contributed by atoms with Crippen LogP contribution in [0.1, 0.15) is 11.1 Å². The highest BCUT2D eigenvalue weighted by Crippen LogP contribution is 2.28. The van der Waals surface area contributed by atoms with Crippen molar-refractivity contribution in [3.8, 4) is 0 Å². The van der Waals surface area contributed by atoms with Crippen molar-refractivity contribution < 1.29 is 4.74 Å². The first kappa shape index (κ1) is 8.36. The SMILES string of the molecule is Clc1cc(Cl)c2c(c1)COCC2. The molecule has 1 aromatic carbocycles. The van der Waals surface area contributed by atoms with Gasteiger partial charge in [-0.1, -0.05) is 23.2 Å². The first-order valence-electron chi connectivity index (χ1n) is 3.82. The van der Waals surface area contributed by atoms with Crippen LogP contribution in [0, 0.1) is 0 Å². The minimum absolute atomic E-state index is 0.635. The summed E-state index contributed by atoms with van der Waals surface area (Å²) in [6, 6.07) is 3.70. The van der Waals surface area contributed by atoms with E-state index in [1.54, 1.807) is 6.07 Å². The second-order valence-corrected chi connectivity index (χ2v) is 3.67. The van der Waals surface area contributed by atoms with Crippen molar-refractivity contribution in [1.29, 1.82) is 0 Å². The molecule has 0 bridgehead atoms. The van der Waals surface area contributed by atoms with Gasteiger partial charge in [0.2, 0.25) is 0 Å². The Morgan fingerprint density at radius 1 is 1.25 bits per heavy atom. The average Bonchev–Trinajstić information content (AvgIpc) is 2.04. The standard InChI is InChI=1S/C9H8Cl2O/c10-7-3-6-5-12-2-1-8(6)9(11)4-7/h3-4H,1-2,5H2. The third kappa shape index (κ3) is 1.45. The van der Waals surface area contributed by atoms with Gasteiger partial charge in [0.1, 0.15) is 0 Å². The third-order valence-electron chi connectivity index (χ3n) is 2.01. The van der Waals surface area contributed by atoms with E-state index in [1.165, 1.54) is 5.56 Å². The number of rotatable bonds is 0. The minimum Gasteiger partial charge on any atom is -0.376 e. The molecule has 1 aliphatic rings. The van der Waals surface area contributed by atoms with Crippen molar-refractivity contribution in [3.63, 3.8) is 0 Å². The van der Waals surface area contributed by atoms with Gasteiger partial charge in [0.25, 0.3) is 0 Å². The molecule has 3 heteroatoms. The molecule has 12 heavy (non-hydrogen) atoms. The van der Waals surface area contributed by atoms with Gasteiger partial charge in [-0.15, -0.1) is 0 Å². The molecular weight excluding hydrogens is 195 g/mol. The summed E-state index contributed by atoms with van der Waals surface area (Å²) in [4.78, 5) is 0. The molecule has 0 fully saturated rings. The molecule has 0 atom stereocenters. The maximum atomic E-state index is 6.01. The highest BCUT2D eigenvalue weighted by atomic mass is 35.5. The van der Waals surface area contributed by atoms with Crippen molar-refractivity contribution in [1.82, 2.24) is 0 Å². The number of fused-ring (bicyclic) bond motifs is 1. The smallest absolute Gasteiger partial charge is 0.0720 e. The molecule has 1 heterocycles. The highest BCUT2D eigenvalue weighted by Gasteiger charge is 2.13. The Morgan fingerprint density at radius 2 is 2.08 bits per heavy atom. The number of hydrogen-bond donors (Lipinski definition) is 0. The predicted molar refractivity (Wildman–Crippen MR) is 49.8 cm³/mol. The fourth-order valence-electron chi connectivity index (χ4n) is 1.42. The van der Waals surface area contributed by atoms with Crippen LogP contribution in [0.2, 0.25) is 10.0 Å². The van der Waals surface area contributed by atoms with Crippen LogP contribution >= 0.6 is 23.2 Å². The predicted octanol–water partition coefficient (Wildman–Crippen LogP) is 3.07. The summed E-state index contributed by atoms with van der Waals surface area (Å²) < 4.78 is 5.29. The van der Waals surface area contributed by atoms with Crippen LogP contribution in [-0.4, -0.2) is 6.61 Å². The highest BCUT2D eigenvalue weighted by molar-refractivity contribution is 6.35. The van der Waals surface area contributed by atoms with E-state index in [1.807, 2.05) is 6.07 Å². The van der Waals surface area contributed by atoms with E-state index in [4.69, 9.17) is 27.9 Å². The molecule has 0 saturated carbocycles. The van der Waals surface area contributed by atoms with Gasteiger partial charge < -0.3 is 4.74 Å². The molecule has 0 unspecified atom stereocenters. The van der Waals surface area contributed by atoms with Crippen molar-refractivity contribution in [3.05, 3.63) is 33.3 Å². The molecule has 0 amide bonds. The van der Waals surface area contributed by atoms with Crippen molar-refractivity contribution in [2.45, 2.75) is 13.0 Å². The zero-order chi connectivity index (χ0) is 8.55. The Labute approximate surface area is 81.2 Å². The van der Waals surface area contributed by atoms with Crippen LogP contribution in [0.25, 0.3) is 0 Å². The number of benzene rings is 1. The Morgan fingerprint density at radius 3 is 2.92 bits per heavy atom. The fourth-order valence-corrected chi connectivity index (χ4v) is 2.05. The van der Waals surface area contributed by atoms with Crippen molar-refractivity contribution >= 4 is 23.2 Å². The monoisotopic (exact) mass is 202 g/mol. The Kier molecular flexibility index (Phi) is 2.26. The summed E-state index contributed by atoms with van der Waals surface area (Å²) in [5.41, 5.74) is 2.31. The normalized spacial score (nSPS) is 15.8. The van der Waals surface area contributed by atoms with E-state index in [9.17, 15) is 0 Å². The van der Waals surface area contributed by atoms with Gasteiger partial charge in [0.15, 0.2) is 0 Å². The summed E-state index contributed by atoms with van der Waals surface area (Å²) in [6.07, 6.45) is 0.894. The van der Waals surface area contributed by atoms with E-state index in [0.717, 1.165) is 23.6 Å². The largest absolute Gasteiger partial charge is 0.376 e. The molecule has 1 aliphatic heterocycles. The van der Waals surface area contributed by atoms with Crippen LogP contribution in [0.15, 0.2) is 12.1 Å². The van der Waals surface area contributed by atoms with E-state index >= 15 is 0 Å². The molecule has 0 N–H and O–H groups in total. The van der Waals surface area contributed by atoms with Gasteiger partial charge in [-0.3, -0.25) is 0 Å². The number of ether oxygens (including phenoxy) is 1. The summed E-state index contributed by atoms with van der Waals surface area (Å²) >= 11 is 11.8. The molecule has 0 aromatic heterocycles. The van der Waals surface area contributed by atoms with Crippen molar-refractivity contribution in [2.75, 3.05) is 6.61 Å². The molecular formula is C9H8Cl2O. The van der Waals surface area contributed by atoms with Gasteiger partial charge in [-0.2, -0.15) is 0 Å². The summed E-state index contributed by atoms with van der Waals surface area (Å²) in [6.45, 7) is 1.39. The second kappa shape index (κ2) is 3.25. The molecule has 0 spiro atoms. The lowest BCUT2D eigenvalue weighted by atomic mass is 10.0. The average molecular weight is 203 g/mol. The Balaban J connectivity index is 2.53. The first-order valence-corrected chi connectivity index (χ1v) is 4.57. The lowest BCUT2D eigenvalue weighted by Gasteiger charge is -2.17. The van der Waals surface area contributed by atoms with Crippen LogP contribution < -0.4 is 0 Å². The topological polar surface area (TPSA) is 9.23 Å². The van der Waals surface area contributed by atoms with Gasteiger partial charge in [0, 0.05) is 10.0 Å². The van der Waals surface area contributed by atoms with Gasteiger partial charge in [0.05, 0.1) is 13.2 Å². The molecule has 64 valence electrons. The third-order valence-corrected chi connectivity index (χ3v) is 2.56. The second-order valence-electron chi connectivity index (χ2n) is 2.83. The molecule has 0 aliphatic carbocycles. The quantitative estimate of drug-likeness (QED) is 0.629. The number of hydrogen-bond acceptors (Lipinski definition) is 1. The van der Waals surface area contributed by atoms with E-state index < -0.39 is 0 Å². The Hall–Kier alpha value is -0.240. The van der Waals surface area contributed by atoms with Crippen molar-refractivity contribution in [2.24, 2.45) is 0 Å². The maximum Gasteiger partial charge on any atom is 0.0720 e. The van der Waals surface area contributed by atoms with E-state index in [2.05, 4.69) is 0 Å². The molecule has 0 radical (unpaired) electrons. The molecule has 1 aromatic rings. The summed E-state index contributed by atoms with van der Waals surface area (Å²) in [5.74, 6) is 0. The van der Waals surface area contributed by atoms with E-state index in [-0.39, 0.29) is 0 Å². The lowest BCUT2D eigenvalue weighted by molar-refractivity contribution is 0.111. The van der Waals surface area contributed by atoms with Crippen LogP contribution in [0.5, 0.6) is 0 Å². The van der Waals surface area contributed by atoms with Gasteiger partial charge >= 0.3 is 0 Å². The fraction of sp³-hybridized carbons (Fsp3) is 0.333. The van der Waals surface area contributed by atoms with Crippen LogP contribution in [0.4, 0.5) is 0 Å². The minimum atomic E-state index is 0.635. The first-order chi connectivity index (χ1) is 5.77. The van der Waals surface area contributed by atoms with Gasteiger partial charge in [-0.25, -0.2) is 0 Å². The lowest BCUT2D eigenvalue weighted by Crippen LogP contribution is -2.10. The summed E-state index contributed by atoms with van der Waals surface area (Å²) in [7, 11) is 0. The Bertz CT molecular complexity index is 310. The van der Waals surface area contributed by atoms with E-state index in [0.29, 0.717) is 11.6 Å². The zero-order valence-corrected chi connectivity index (χ0v) is 7.95. The van der Waals surface area contributed by atoms with Crippen LogP contribution in [0.3, 0.4) is 0 Å². The molecule has 1 nitrogen and oxygen atoms in total. The van der Waals surface area contributed by atoms with Gasteiger partial charge in [-0.05, 0) is 29.7 Å². The molecule has 2 rings (SSSR count).